The van der Waals surface area contributed by atoms with Crippen LogP contribution in [0.5, 0.6) is 5.75 Å². The lowest BCUT2D eigenvalue weighted by molar-refractivity contribution is -0.138. The van der Waals surface area contributed by atoms with Crippen LogP contribution in [0.25, 0.3) is 11.8 Å². The van der Waals surface area contributed by atoms with E-state index >= 15 is 0 Å². The van der Waals surface area contributed by atoms with Gasteiger partial charge in [0.05, 0.1) is 32.0 Å². The Kier molecular flexibility index (Phi) is 10.3. The molecule has 0 bridgehead atoms. The summed E-state index contributed by atoms with van der Waals surface area (Å²) in [7, 11) is 0. The first-order chi connectivity index (χ1) is 22.2. The van der Waals surface area contributed by atoms with E-state index in [1.165, 1.54) is 11.3 Å². The molecule has 1 aliphatic heterocycles. The molecule has 6 nitrogen and oxygen atoms in total. The summed E-state index contributed by atoms with van der Waals surface area (Å²) < 4.78 is 15.8. The van der Waals surface area contributed by atoms with E-state index in [-0.39, 0.29) is 24.3 Å². The number of hydrogen-bond acceptors (Lipinski definition) is 6. The number of fused-ring (bicyclic) bond motifs is 1. The Morgan fingerprint density at radius 1 is 1.00 bits per heavy atom. The molecule has 0 amide bonds. The van der Waals surface area contributed by atoms with E-state index < -0.39 is 12.0 Å². The number of rotatable bonds is 8. The highest BCUT2D eigenvalue weighted by molar-refractivity contribution is 14.1. The normalized spacial score (nSPS) is 14.5. The Labute approximate surface area is 306 Å². The van der Waals surface area contributed by atoms with Crippen LogP contribution in [-0.2, 0) is 16.1 Å². The van der Waals surface area contributed by atoms with Gasteiger partial charge in [-0.25, -0.2) is 9.79 Å². The van der Waals surface area contributed by atoms with Crippen LogP contribution in [0.15, 0.2) is 106 Å². The number of carbonyl (C=O) groups excluding carboxylic acids is 1. The largest absolute Gasteiger partial charge is 0.487 e. The Bertz CT molecular complexity index is 2160. The number of ether oxygens (including phenoxy) is 2. The van der Waals surface area contributed by atoms with Crippen molar-refractivity contribution in [3.63, 3.8) is 0 Å². The minimum Gasteiger partial charge on any atom is -0.487 e. The number of nitrogens with zero attached hydrogens (tertiary/aromatic N) is 2. The van der Waals surface area contributed by atoms with Gasteiger partial charge in [-0.2, -0.15) is 0 Å². The summed E-state index contributed by atoms with van der Waals surface area (Å²) in [6, 6.07) is 27.3. The fraction of sp³-hybridized carbons (Fsp3) is 0.114. The van der Waals surface area contributed by atoms with Crippen LogP contribution < -0.4 is 19.6 Å². The fourth-order valence-corrected chi connectivity index (χ4v) is 8.50. The predicted octanol–water partition coefficient (Wildman–Crippen LogP) is 8.03. The lowest BCUT2D eigenvalue weighted by Gasteiger charge is -2.26. The molecule has 0 N–H and O–H groups in total. The number of hydrogen-bond donors (Lipinski definition) is 0. The summed E-state index contributed by atoms with van der Waals surface area (Å²) in [5.41, 5.74) is 3.49. The molecule has 2 heterocycles. The summed E-state index contributed by atoms with van der Waals surface area (Å²) in [5, 5.41) is 1.16. The summed E-state index contributed by atoms with van der Waals surface area (Å²) in [5.74, 6) is 0.0972. The van der Waals surface area contributed by atoms with Gasteiger partial charge in [0.2, 0.25) is 0 Å². The maximum Gasteiger partial charge on any atom is 0.338 e. The number of halogens is 4. The standard InChI is InChI=1S/C35H24Cl2I2N2O4S/c1-2-44-34(43)29-30(20-8-4-3-5-9-20)40-35-41(31(29)21-12-14-24(36)15-13-21)33(42)28(46-35)17-23-16-25(38)18-27(39)32(23)45-19-22-10-6-7-11-26(22)37/h3-18,31H,2,19H2,1H3/b28-17-/t31-/m1/s1. The maximum absolute atomic E-state index is 14.4. The van der Waals surface area contributed by atoms with Crippen LogP contribution in [0.3, 0.4) is 0 Å². The SMILES string of the molecule is CCOC(=O)C1=C(c2ccccc2)N=c2s/c(=C\c3cc(I)cc(I)c3OCc3ccccc3Cl)c(=O)n2[C@@H]1c1ccc(Cl)cc1. The zero-order chi connectivity index (χ0) is 32.4. The molecular weight excluding hydrogens is 869 g/mol. The van der Waals surface area contributed by atoms with Crippen molar-refractivity contribution in [3.8, 4) is 5.75 Å². The molecule has 46 heavy (non-hydrogen) atoms. The molecular formula is C35H24Cl2I2N2O4S. The molecule has 1 atom stereocenters. The fourth-order valence-electron chi connectivity index (χ4n) is 5.15. The molecule has 0 spiro atoms. The second-order valence-corrected chi connectivity index (χ2v) is 14.4. The average Bonchev–Trinajstić information content (AvgIpc) is 3.35. The first-order valence-corrected chi connectivity index (χ1v) is 17.9. The molecule has 11 heteroatoms. The van der Waals surface area contributed by atoms with Gasteiger partial charge >= 0.3 is 5.97 Å². The van der Waals surface area contributed by atoms with Gasteiger partial charge in [0.15, 0.2) is 4.80 Å². The second kappa shape index (κ2) is 14.4. The zero-order valence-corrected chi connectivity index (χ0v) is 30.8. The molecule has 5 aromatic rings. The Hall–Kier alpha value is -2.97. The molecule has 0 radical (unpaired) electrons. The molecule has 0 aliphatic carbocycles. The van der Waals surface area contributed by atoms with Crippen LogP contribution in [-0.4, -0.2) is 17.1 Å². The lowest BCUT2D eigenvalue weighted by atomic mass is 9.93. The number of aromatic nitrogens is 1. The van der Waals surface area contributed by atoms with Gasteiger partial charge in [0.1, 0.15) is 12.4 Å². The van der Waals surface area contributed by atoms with Crippen LogP contribution >= 0.6 is 79.7 Å². The third kappa shape index (κ3) is 6.84. The van der Waals surface area contributed by atoms with Crippen LogP contribution in [0.2, 0.25) is 10.0 Å². The number of esters is 1. The quantitative estimate of drug-likeness (QED) is 0.117. The van der Waals surface area contributed by atoms with Gasteiger partial charge in [0, 0.05) is 30.3 Å². The Morgan fingerprint density at radius 2 is 1.72 bits per heavy atom. The average molecular weight is 893 g/mol. The second-order valence-electron chi connectivity index (χ2n) is 10.2. The molecule has 0 saturated carbocycles. The summed E-state index contributed by atoms with van der Waals surface area (Å²) in [6.45, 7) is 2.18. The van der Waals surface area contributed by atoms with Gasteiger partial charge in [0.25, 0.3) is 5.56 Å². The van der Waals surface area contributed by atoms with E-state index in [4.69, 9.17) is 37.7 Å². The van der Waals surface area contributed by atoms with Crippen molar-refractivity contribution in [1.82, 2.24) is 4.57 Å². The Balaban J connectivity index is 1.56. The first-order valence-electron chi connectivity index (χ1n) is 14.1. The maximum atomic E-state index is 14.4. The van der Waals surface area contributed by atoms with Crippen molar-refractivity contribution in [2.24, 2.45) is 4.99 Å². The van der Waals surface area contributed by atoms with Crippen molar-refractivity contribution >= 4 is 97.5 Å². The highest BCUT2D eigenvalue weighted by Gasteiger charge is 2.35. The minimum atomic E-state index is -0.795. The monoisotopic (exact) mass is 892 g/mol. The topological polar surface area (TPSA) is 69.9 Å². The van der Waals surface area contributed by atoms with Crippen molar-refractivity contribution in [2.45, 2.75) is 19.6 Å². The van der Waals surface area contributed by atoms with E-state index in [2.05, 4.69) is 45.2 Å². The van der Waals surface area contributed by atoms with Gasteiger partial charge in [-0.1, -0.05) is 95.2 Å². The molecule has 1 aliphatic rings. The van der Waals surface area contributed by atoms with Gasteiger partial charge in [-0.05, 0) is 94.1 Å². The predicted molar refractivity (Wildman–Crippen MR) is 200 cm³/mol. The zero-order valence-electron chi connectivity index (χ0n) is 24.2. The third-order valence-electron chi connectivity index (χ3n) is 7.21. The van der Waals surface area contributed by atoms with E-state index in [0.717, 1.165) is 23.8 Å². The van der Waals surface area contributed by atoms with Crippen LogP contribution in [0.4, 0.5) is 0 Å². The third-order valence-corrected chi connectivity index (χ3v) is 10.2. The molecule has 6 rings (SSSR count). The smallest absolute Gasteiger partial charge is 0.338 e. The summed E-state index contributed by atoms with van der Waals surface area (Å²) >= 11 is 18.4. The highest BCUT2D eigenvalue weighted by Crippen LogP contribution is 2.36. The number of thiazole rings is 1. The summed E-state index contributed by atoms with van der Waals surface area (Å²) in [4.78, 5) is 33.4. The van der Waals surface area contributed by atoms with Crippen LogP contribution in [0, 0.1) is 7.14 Å². The van der Waals surface area contributed by atoms with E-state index in [0.29, 0.717) is 36.4 Å². The van der Waals surface area contributed by atoms with Crippen molar-refractivity contribution < 1.29 is 14.3 Å². The van der Waals surface area contributed by atoms with E-state index in [1.54, 1.807) is 23.6 Å². The molecule has 0 unspecified atom stereocenters. The van der Waals surface area contributed by atoms with Gasteiger partial charge < -0.3 is 9.47 Å². The van der Waals surface area contributed by atoms with Crippen molar-refractivity contribution in [1.29, 1.82) is 0 Å². The van der Waals surface area contributed by atoms with Crippen LogP contribution in [0.1, 0.15) is 35.2 Å². The number of benzene rings is 4. The van der Waals surface area contributed by atoms with Crippen molar-refractivity contribution in [2.75, 3.05) is 6.61 Å². The Morgan fingerprint density at radius 3 is 2.43 bits per heavy atom. The molecule has 4 aromatic carbocycles. The lowest BCUT2D eigenvalue weighted by Crippen LogP contribution is -2.40. The molecule has 232 valence electrons. The number of carbonyl (C=O) groups is 1. The first kappa shape index (κ1) is 33.0. The van der Waals surface area contributed by atoms with E-state index in [9.17, 15) is 9.59 Å². The molecule has 1 aromatic heterocycles. The molecule has 0 saturated heterocycles. The highest BCUT2D eigenvalue weighted by atomic mass is 127. The van der Waals surface area contributed by atoms with Crippen molar-refractivity contribution in [3.05, 3.63) is 156 Å². The molecule has 0 fully saturated rings. The summed E-state index contributed by atoms with van der Waals surface area (Å²) in [6.07, 6.45) is 1.82. The van der Waals surface area contributed by atoms with Gasteiger partial charge in [-0.3, -0.25) is 9.36 Å². The minimum absolute atomic E-state index is 0.171. The van der Waals surface area contributed by atoms with E-state index in [1.807, 2.05) is 84.9 Å². The van der Waals surface area contributed by atoms with Gasteiger partial charge in [-0.15, -0.1) is 0 Å².